The van der Waals surface area contributed by atoms with Gasteiger partial charge in [0, 0.05) is 25.5 Å². The van der Waals surface area contributed by atoms with Gasteiger partial charge in [0.1, 0.15) is 17.6 Å². The van der Waals surface area contributed by atoms with E-state index in [1.165, 1.54) is 6.08 Å². The predicted molar refractivity (Wildman–Crippen MR) is 138 cm³/mol. The van der Waals surface area contributed by atoms with E-state index in [0.717, 1.165) is 6.08 Å². The second-order valence-electron chi connectivity index (χ2n) is 10.5. The van der Waals surface area contributed by atoms with Crippen LogP contribution in [0.5, 0.6) is 0 Å². The number of amides is 2. The lowest BCUT2D eigenvalue weighted by molar-refractivity contribution is -0.376. The molecule has 1 aliphatic heterocycles. The molecule has 1 saturated heterocycles. The highest BCUT2D eigenvalue weighted by Gasteiger charge is 2.79. The monoisotopic (exact) mass is 594 g/mol. The van der Waals surface area contributed by atoms with E-state index in [9.17, 15) is 35.9 Å². The first-order valence-corrected chi connectivity index (χ1v) is 13.5. The first kappa shape index (κ1) is 32.7. The molecule has 0 spiro atoms. The van der Waals surface area contributed by atoms with Gasteiger partial charge < -0.3 is 29.6 Å². The van der Waals surface area contributed by atoms with Crippen molar-refractivity contribution in [2.75, 3.05) is 26.9 Å². The number of urea groups is 1. The van der Waals surface area contributed by atoms with Crippen molar-refractivity contribution in [3.8, 4) is 0 Å². The molecule has 0 aromatic carbocycles. The molecule has 0 aromatic rings. The number of ether oxygens (including phenoxy) is 3. The number of nitrogens with one attached hydrogen (secondary N) is 2. The van der Waals surface area contributed by atoms with Gasteiger partial charge in [0.25, 0.3) is 5.60 Å². The maximum absolute atomic E-state index is 13.7. The average Bonchev–Trinajstić information content (AvgIpc) is 3.33. The number of carbonyl (C=O) groups excluding carboxylic acids is 2. The number of methoxy groups -OCH3 is 1. The minimum atomic E-state index is -5.63. The van der Waals surface area contributed by atoms with Crippen LogP contribution in [0.15, 0.2) is 47.3 Å². The molecule has 4 atom stereocenters. The summed E-state index contributed by atoms with van der Waals surface area (Å²) in [5.41, 5.74) is -4.47. The zero-order valence-corrected chi connectivity index (χ0v) is 23.2. The SMILES string of the molecule is CCCC1=C(OCCCCNC(=O)NC(C)(C=O)C2=CCC(OC)C=C2)C=CC2C1COC2(C(F)(F)F)C(F)(F)F. The van der Waals surface area contributed by atoms with Gasteiger partial charge in [-0.1, -0.05) is 37.6 Å². The number of alkyl halides is 6. The van der Waals surface area contributed by atoms with Crippen LogP contribution in [-0.4, -0.2) is 68.8 Å². The van der Waals surface area contributed by atoms with Crippen LogP contribution in [-0.2, 0) is 19.0 Å². The van der Waals surface area contributed by atoms with Gasteiger partial charge in [-0.25, -0.2) is 4.79 Å². The highest BCUT2D eigenvalue weighted by molar-refractivity contribution is 5.83. The van der Waals surface area contributed by atoms with Crippen molar-refractivity contribution in [2.24, 2.45) is 11.8 Å². The van der Waals surface area contributed by atoms with E-state index in [1.54, 1.807) is 27.0 Å². The van der Waals surface area contributed by atoms with Crippen LogP contribution in [0.3, 0.4) is 0 Å². The van der Waals surface area contributed by atoms with Crippen molar-refractivity contribution >= 4 is 12.3 Å². The Labute approximate surface area is 235 Å². The van der Waals surface area contributed by atoms with Gasteiger partial charge >= 0.3 is 18.4 Å². The van der Waals surface area contributed by atoms with Crippen molar-refractivity contribution in [3.05, 3.63) is 47.3 Å². The Morgan fingerprint density at radius 3 is 2.41 bits per heavy atom. The number of aldehydes is 1. The lowest BCUT2D eigenvalue weighted by atomic mass is 9.73. The van der Waals surface area contributed by atoms with E-state index >= 15 is 0 Å². The molecule has 0 saturated carbocycles. The zero-order valence-electron chi connectivity index (χ0n) is 23.2. The summed E-state index contributed by atoms with van der Waals surface area (Å²) in [5, 5.41) is 5.33. The fourth-order valence-corrected chi connectivity index (χ4v) is 5.41. The van der Waals surface area contributed by atoms with Crippen LogP contribution in [0.4, 0.5) is 31.1 Å². The van der Waals surface area contributed by atoms with E-state index in [0.29, 0.717) is 43.1 Å². The van der Waals surface area contributed by atoms with Gasteiger partial charge in [0.05, 0.1) is 19.3 Å². The highest BCUT2D eigenvalue weighted by atomic mass is 19.4. The summed E-state index contributed by atoms with van der Waals surface area (Å²) < 4.78 is 97.8. The van der Waals surface area contributed by atoms with Gasteiger partial charge in [-0.3, -0.25) is 0 Å². The lowest BCUT2D eigenvalue weighted by Crippen LogP contribution is -2.60. The molecule has 41 heavy (non-hydrogen) atoms. The molecule has 0 bridgehead atoms. The molecule has 3 rings (SSSR count). The summed E-state index contributed by atoms with van der Waals surface area (Å²) in [7, 11) is 1.58. The van der Waals surface area contributed by atoms with Crippen LogP contribution in [0.1, 0.15) is 46.0 Å². The normalized spacial score (nSPS) is 25.3. The second kappa shape index (κ2) is 13.0. The standard InChI is InChI=1S/C28H36F6N2O5/c1-4-7-20-21-16-41-26(27(29,30)31,28(32,33)34)22(21)12-13-23(20)40-15-6-5-14-35-24(38)36-25(2,17-37)18-8-10-19(39-3)11-9-18/h8-10,12-13,17,19,21-22H,4-7,11,14-16H2,1-3H3,(H2,35,36,38). The fourth-order valence-electron chi connectivity index (χ4n) is 5.41. The molecule has 3 aliphatic rings. The smallest absolute Gasteiger partial charge is 0.427 e. The van der Waals surface area contributed by atoms with Crippen molar-refractivity contribution in [1.82, 2.24) is 10.6 Å². The molecule has 7 nitrogen and oxygen atoms in total. The quantitative estimate of drug-likeness (QED) is 0.172. The number of hydrogen-bond donors (Lipinski definition) is 2. The van der Waals surface area contributed by atoms with Crippen molar-refractivity contribution in [3.63, 3.8) is 0 Å². The molecule has 0 radical (unpaired) electrons. The third-order valence-electron chi connectivity index (χ3n) is 7.66. The molecule has 2 aliphatic carbocycles. The van der Waals surface area contributed by atoms with Crippen molar-refractivity contribution < 1.29 is 50.1 Å². The topological polar surface area (TPSA) is 85.9 Å². The zero-order chi connectivity index (χ0) is 30.5. The summed E-state index contributed by atoms with van der Waals surface area (Å²) in [6, 6.07) is -0.545. The van der Waals surface area contributed by atoms with E-state index in [2.05, 4.69) is 15.4 Å². The molecule has 1 heterocycles. The van der Waals surface area contributed by atoms with Gasteiger partial charge in [0.15, 0.2) is 0 Å². The average molecular weight is 595 g/mol. The molecule has 2 amide bonds. The van der Waals surface area contributed by atoms with E-state index in [4.69, 9.17) is 9.47 Å². The Balaban J connectivity index is 1.52. The Bertz CT molecular complexity index is 1070. The summed E-state index contributed by atoms with van der Waals surface area (Å²) in [4.78, 5) is 24.2. The number of unbranched alkanes of at least 4 members (excludes halogenated alkanes) is 1. The number of halogens is 6. The van der Waals surface area contributed by atoms with E-state index in [1.807, 2.05) is 12.2 Å². The Morgan fingerprint density at radius 2 is 1.85 bits per heavy atom. The lowest BCUT2D eigenvalue weighted by Gasteiger charge is -2.38. The summed E-state index contributed by atoms with van der Waals surface area (Å²) >= 11 is 0. The third kappa shape index (κ3) is 6.82. The van der Waals surface area contributed by atoms with E-state index < -0.39 is 48.0 Å². The molecular weight excluding hydrogens is 558 g/mol. The minimum absolute atomic E-state index is 0.0927. The van der Waals surface area contributed by atoms with Crippen LogP contribution >= 0.6 is 0 Å². The number of allylic oxidation sites excluding steroid dienone is 1. The number of hydrogen-bond acceptors (Lipinski definition) is 5. The first-order valence-electron chi connectivity index (χ1n) is 13.5. The second-order valence-corrected chi connectivity index (χ2v) is 10.5. The number of rotatable bonds is 12. The van der Waals surface area contributed by atoms with Gasteiger partial charge in [-0.2, -0.15) is 26.3 Å². The largest absolute Gasteiger partial charge is 0.494 e. The van der Waals surface area contributed by atoms with Gasteiger partial charge in [0.2, 0.25) is 0 Å². The molecule has 4 unspecified atom stereocenters. The third-order valence-corrected chi connectivity index (χ3v) is 7.66. The maximum atomic E-state index is 13.7. The fraction of sp³-hybridized carbons (Fsp3) is 0.643. The Hall–Kier alpha value is -2.80. The minimum Gasteiger partial charge on any atom is -0.494 e. The summed E-state index contributed by atoms with van der Waals surface area (Å²) in [5.74, 6) is -2.78. The Morgan fingerprint density at radius 1 is 1.15 bits per heavy atom. The van der Waals surface area contributed by atoms with Crippen LogP contribution in [0.2, 0.25) is 0 Å². The summed E-state index contributed by atoms with van der Waals surface area (Å²) in [6.07, 6.45) is -0.994. The highest BCUT2D eigenvalue weighted by Crippen LogP contribution is 2.59. The molecule has 2 N–H and O–H groups in total. The number of carbonyl (C=O) groups is 2. The Kier molecular flexibility index (Phi) is 10.4. The van der Waals surface area contributed by atoms with Crippen molar-refractivity contribution in [2.45, 2.75) is 75.5 Å². The molecule has 230 valence electrons. The van der Waals surface area contributed by atoms with E-state index in [-0.39, 0.29) is 31.4 Å². The van der Waals surface area contributed by atoms with Gasteiger partial charge in [-0.05, 0) is 49.8 Å². The number of fused-ring (bicyclic) bond motifs is 1. The van der Waals surface area contributed by atoms with Crippen LogP contribution in [0, 0.1) is 11.8 Å². The molecular formula is C28H36F6N2O5. The molecule has 13 heteroatoms. The summed E-state index contributed by atoms with van der Waals surface area (Å²) in [6.45, 7) is 3.04. The van der Waals surface area contributed by atoms with Crippen molar-refractivity contribution in [1.29, 1.82) is 0 Å². The molecule has 0 aromatic heterocycles. The first-order chi connectivity index (χ1) is 19.2. The van der Waals surface area contributed by atoms with Crippen LogP contribution < -0.4 is 10.6 Å². The van der Waals surface area contributed by atoms with Crippen LogP contribution in [0.25, 0.3) is 0 Å². The molecule has 1 fully saturated rings. The maximum Gasteiger partial charge on any atom is 0.427 e. The van der Waals surface area contributed by atoms with Gasteiger partial charge in [-0.15, -0.1) is 0 Å². The predicted octanol–water partition coefficient (Wildman–Crippen LogP) is 5.69.